The third kappa shape index (κ3) is 4.52. The van der Waals surface area contributed by atoms with Crippen LogP contribution in [0.3, 0.4) is 0 Å². The summed E-state index contributed by atoms with van der Waals surface area (Å²) in [5, 5.41) is 9.88. The molecule has 2 rings (SSSR count). The number of carbonyl (C=O) groups is 1. The van der Waals surface area contributed by atoms with Crippen molar-refractivity contribution in [3.8, 4) is 11.5 Å². The first kappa shape index (κ1) is 17.9. The Morgan fingerprint density at radius 3 is 2.33 bits per heavy atom. The summed E-state index contributed by atoms with van der Waals surface area (Å²) in [6.07, 6.45) is 1.68. The molecule has 0 fully saturated rings. The topological polar surface area (TPSA) is 55.8 Å². The molecule has 1 N–H and O–H groups in total. The van der Waals surface area contributed by atoms with Crippen LogP contribution in [0.4, 0.5) is 0 Å². The van der Waals surface area contributed by atoms with E-state index in [1.165, 1.54) is 7.11 Å². The van der Waals surface area contributed by atoms with Crippen LogP contribution >= 0.6 is 11.6 Å². The highest BCUT2D eigenvalue weighted by molar-refractivity contribution is 6.32. The highest BCUT2D eigenvalue weighted by Crippen LogP contribution is 2.29. The monoisotopic (exact) mass is 346 g/mol. The molecule has 0 aliphatic heterocycles. The second-order valence-electron chi connectivity index (χ2n) is 5.45. The fourth-order valence-electron chi connectivity index (χ4n) is 2.18. The molecule has 4 nitrogen and oxygen atoms in total. The third-order valence-electron chi connectivity index (χ3n) is 3.26. The summed E-state index contributed by atoms with van der Waals surface area (Å²) >= 11 is 6.09. The number of rotatable bonds is 6. The van der Waals surface area contributed by atoms with Gasteiger partial charge in [-0.2, -0.15) is 0 Å². The van der Waals surface area contributed by atoms with Gasteiger partial charge in [-0.25, -0.2) is 4.79 Å². The molecule has 2 aromatic carbocycles. The first-order valence-corrected chi connectivity index (χ1v) is 7.84. The summed E-state index contributed by atoms with van der Waals surface area (Å²) in [4.78, 5) is 11.6. The van der Waals surface area contributed by atoms with Gasteiger partial charge in [0.05, 0.1) is 23.8 Å². The highest BCUT2D eigenvalue weighted by Gasteiger charge is 2.13. The van der Waals surface area contributed by atoms with Gasteiger partial charge in [0.25, 0.3) is 0 Å². The SMILES string of the molecule is COc1ccc(/C(=C/c2ccc(OC(C)C)cc2)C(=O)O)cc1Cl. The lowest BCUT2D eigenvalue weighted by Crippen LogP contribution is -2.05. The highest BCUT2D eigenvalue weighted by atomic mass is 35.5. The van der Waals surface area contributed by atoms with Crippen LogP contribution in [0.1, 0.15) is 25.0 Å². The number of carboxylic acid groups (broad SMARTS) is 1. The minimum atomic E-state index is -1.03. The van der Waals surface area contributed by atoms with Crippen molar-refractivity contribution in [1.82, 2.24) is 0 Å². The molecule has 0 heterocycles. The number of halogens is 1. The maximum atomic E-state index is 11.6. The Morgan fingerprint density at radius 1 is 1.17 bits per heavy atom. The van der Waals surface area contributed by atoms with Gasteiger partial charge >= 0.3 is 5.97 Å². The van der Waals surface area contributed by atoms with Crippen LogP contribution in [0.25, 0.3) is 11.6 Å². The Morgan fingerprint density at radius 2 is 1.83 bits per heavy atom. The third-order valence-corrected chi connectivity index (χ3v) is 3.55. The van der Waals surface area contributed by atoms with Crippen molar-refractivity contribution in [3.05, 3.63) is 58.6 Å². The largest absolute Gasteiger partial charge is 0.495 e. The molecule has 0 saturated carbocycles. The fourth-order valence-corrected chi connectivity index (χ4v) is 2.44. The summed E-state index contributed by atoms with van der Waals surface area (Å²) in [5.41, 5.74) is 1.42. The second-order valence-corrected chi connectivity index (χ2v) is 5.86. The van der Waals surface area contributed by atoms with Gasteiger partial charge in [0, 0.05) is 0 Å². The summed E-state index contributed by atoms with van der Waals surface area (Å²) in [5.74, 6) is 0.214. The molecule has 0 bridgehead atoms. The number of carboxylic acids is 1. The zero-order chi connectivity index (χ0) is 17.7. The van der Waals surface area contributed by atoms with E-state index >= 15 is 0 Å². The smallest absolute Gasteiger partial charge is 0.336 e. The number of methoxy groups -OCH3 is 1. The summed E-state index contributed by atoms with van der Waals surface area (Å²) in [6.45, 7) is 3.90. The average Bonchev–Trinajstić information content (AvgIpc) is 2.53. The van der Waals surface area contributed by atoms with Crippen LogP contribution in [-0.2, 0) is 4.79 Å². The second kappa shape index (κ2) is 7.88. The van der Waals surface area contributed by atoms with Crippen LogP contribution in [0.15, 0.2) is 42.5 Å². The molecule has 0 aliphatic rings. The predicted molar refractivity (Wildman–Crippen MR) is 95.7 cm³/mol. The van der Waals surface area contributed by atoms with E-state index in [1.807, 2.05) is 38.1 Å². The standard InChI is InChI=1S/C19H19ClO4/c1-12(2)24-15-7-4-13(5-8-15)10-16(19(21)22)14-6-9-18(23-3)17(20)11-14/h4-12H,1-3H3,(H,21,22)/b16-10-. The zero-order valence-electron chi connectivity index (χ0n) is 13.7. The van der Waals surface area contributed by atoms with Crippen LogP contribution in [0.2, 0.25) is 5.02 Å². The summed E-state index contributed by atoms with van der Waals surface area (Å²) < 4.78 is 10.7. The molecule has 0 aliphatic carbocycles. The summed E-state index contributed by atoms with van der Waals surface area (Å²) in [6, 6.07) is 12.1. The minimum Gasteiger partial charge on any atom is -0.495 e. The van der Waals surface area contributed by atoms with Crippen LogP contribution in [0.5, 0.6) is 11.5 Å². The van der Waals surface area contributed by atoms with Crippen LogP contribution in [-0.4, -0.2) is 24.3 Å². The minimum absolute atomic E-state index is 0.0856. The van der Waals surface area contributed by atoms with E-state index < -0.39 is 5.97 Å². The lowest BCUT2D eigenvalue weighted by molar-refractivity contribution is -0.130. The Balaban J connectivity index is 2.35. The van der Waals surface area contributed by atoms with Crippen LogP contribution < -0.4 is 9.47 Å². The Kier molecular flexibility index (Phi) is 5.88. The fraction of sp³-hybridized carbons (Fsp3) is 0.211. The Hall–Kier alpha value is -2.46. The molecule has 0 saturated heterocycles. The van der Waals surface area contributed by atoms with Gasteiger partial charge in [-0.15, -0.1) is 0 Å². The molecular weight excluding hydrogens is 328 g/mol. The van der Waals surface area contributed by atoms with Gasteiger partial charge in [-0.3, -0.25) is 0 Å². The van der Waals surface area contributed by atoms with E-state index in [9.17, 15) is 9.90 Å². The van der Waals surface area contributed by atoms with E-state index in [2.05, 4.69) is 0 Å². The number of hydrogen-bond acceptors (Lipinski definition) is 3. The van der Waals surface area contributed by atoms with Crippen LogP contribution in [0, 0.1) is 0 Å². The molecule has 126 valence electrons. The first-order chi connectivity index (χ1) is 11.4. The number of aliphatic carboxylic acids is 1. The quantitative estimate of drug-likeness (QED) is 0.605. The van der Waals surface area contributed by atoms with Gasteiger partial charge in [-0.1, -0.05) is 29.8 Å². The number of benzene rings is 2. The van der Waals surface area contributed by atoms with E-state index in [0.29, 0.717) is 16.3 Å². The van der Waals surface area contributed by atoms with Crippen molar-refractivity contribution >= 4 is 29.2 Å². The van der Waals surface area contributed by atoms with E-state index in [-0.39, 0.29) is 11.7 Å². The molecule has 24 heavy (non-hydrogen) atoms. The van der Waals surface area contributed by atoms with Crippen molar-refractivity contribution in [2.24, 2.45) is 0 Å². The maximum absolute atomic E-state index is 11.6. The molecule has 5 heteroatoms. The normalized spacial score (nSPS) is 11.5. The molecule has 0 radical (unpaired) electrons. The maximum Gasteiger partial charge on any atom is 0.336 e. The lowest BCUT2D eigenvalue weighted by Gasteiger charge is -2.10. The van der Waals surface area contributed by atoms with Crippen molar-refractivity contribution in [2.45, 2.75) is 20.0 Å². The van der Waals surface area contributed by atoms with Gasteiger partial charge in [0.2, 0.25) is 0 Å². The van der Waals surface area contributed by atoms with Crippen molar-refractivity contribution in [2.75, 3.05) is 7.11 Å². The average molecular weight is 347 g/mol. The van der Waals surface area contributed by atoms with Gasteiger partial charge < -0.3 is 14.6 Å². The van der Waals surface area contributed by atoms with E-state index in [0.717, 1.165) is 11.3 Å². The van der Waals surface area contributed by atoms with E-state index in [1.54, 1.807) is 24.3 Å². The van der Waals surface area contributed by atoms with Gasteiger partial charge in [0.15, 0.2) is 0 Å². The Labute approximate surface area is 146 Å². The molecule has 0 atom stereocenters. The van der Waals surface area contributed by atoms with Gasteiger partial charge in [-0.05, 0) is 55.3 Å². The number of ether oxygens (including phenoxy) is 2. The molecule has 0 amide bonds. The predicted octanol–water partition coefficient (Wildman–Crippen LogP) is 4.76. The molecule has 0 spiro atoms. The molecular formula is C19H19ClO4. The molecule has 2 aromatic rings. The van der Waals surface area contributed by atoms with Crippen molar-refractivity contribution in [1.29, 1.82) is 0 Å². The zero-order valence-corrected chi connectivity index (χ0v) is 14.5. The van der Waals surface area contributed by atoms with E-state index in [4.69, 9.17) is 21.1 Å². The Bertz CT molecular complexity index is 748. The van der Waals surface area contributed by atoms with Gasteiger partial charge in [0.1, 0.15) is 11.5 Å². The van der Waals surface area contributed by atoms with Crippen molar-refractivity contribution in [3.63, 3.8) is 0 Å². The number of hydrogen-bond donors (Lipinski definition) is 1. The lowest BCUT2D eigenvalue weighted by atomic mass is 10.0. The summed E-state index contributed by atoms with van der Waals surface area (Å²) in [7, 11) is 1.51. The molecule has 0 unspecified atom stereocenters. The molecule has 0 aromatic heterocycles. The first-order valence-electron chi connectivity index (χ1n) is 7.46. The van der Waals surface area contributed by atoms with Crippen molar-refractivity contribution < 1.29 is 19.4 Å².